The van der Waals surface area contributed by atoms with E-state index < -0.39 is 71.0 Å². The van der Waals surface area contributed by atoms with Crippen LogP contribution in [0.5, 0.6) is 5.75 Å². The Bertz CT molecular complexity index is 3480. The smallest absolute Gasteiger partial charge is 0.410 e. The Hall–Kier alpha value is -6.13. The SMILES string of the molecule is [2H]c1c([2H])c(C([2H])([2H])[2H])c([2H])c([2H])c1-c1c([2H])c([2H])[n+]2c(c1[2H])-c1cc(C(C)(C)C)cc3c1C21Oc2c(cc(C(C)(C)C)cc2C(C)(C)C)C2N(c4ccc(C)cc4-c4ccccc4)c4cccc-3c4N21. The number of rotatable bonds is 3. The average Bonchev–Trinajstić information content (AvgIpc) is 3.79. The first kappa shape index (κ1) is 28.4. The quantitative estimate of drug-likeness (QED) is 0.166. The Balaban J connectivity index is 1.34. The minimum atomic E-state index is -2.97. The number of pyridine rings is 1. The lowest BCUT2D eigenvalue weighted by molar-refractivity contribution is -0.774. The van der Waals surface area contributed by atoms with E-state index in [-0.39, 0.29) is 28.9 Å². The topological polar surface area (TPSA) is 19.6 Å². The third kappa shape index (κ3) is 5.33. The molecule has 2 unspecified atom stereocenters. The standard InChI is InChI=1S/C57H56N3O/c1-34-20-23-36(24-21-34)38-26-27-58-49(29-38)44-31-39(54(3,4)5)30-43-41-18-15-19-48-51(41)60-53(59(48)47-25-22-35(2)28-42(47)37-16-13-12-14-17-37)45-32-40(55(6,7)8)33-46(56(9,10)11)52(45)61-57(58,60)50(43)44/h12-33,53H,1-11H3/q+1/i1D3,20D,21D,23D,24D,26D,27D,29D. The van der Waals surface area contributed by atoms with Crippen molar-refractivity contribution in [2.75, 3.05) is 9.80 Å². The van der Waals surface area contributed by atoms with Crippen LogP contribution in [0.3, 0.4) is 0 Å². The minimum absolute atomic E-state index is 0.207. The number of ether oxygens (including phenoxy) is 1. The molecule has 0 bridgehead atoms. The van der Waals surface area contributed by atoms with Gasteiger partial charge in [0.1, 0.15) is 18.8 Å². The van der Waals surface area contributed by atoms with Gasteiger partial charge in [-0.2, -0.15) is 0 Å². The molecular formula is C57H56N3O+. The molecule has 4 aliphatic rings. The summed E-state index contributed by atoms with van der Waals surface area (Å²) in [6.45, 7) is 18.6. The fourth-order valence-corrected chi connectivity index (χ4v) is 9.88. The van der Waals surface area contributed by atoms with Gasteiger partial charge >= 0.3 is 5.85 Å². The second kappa shape index (κ2) is 12.5. The summed E-state index contributed by atoms with van der Waals surface area (Å²) in [6, 6.07) is 28.2. The Morgan fingerprint density at radius 2 is 1.36 bits per heavy atom. The maximum Gasteiger partial charge on any atom is 0.432 e. The lowest BCUT2D eigenvalue weighted by atomic mass is 9.77. The zero-order chi connectivity index (χ0) is 51.1. The largest absolute Gasteiger partial charge is 0.432 e. The van der Waals surface area contributed by atoms with E-state index in [2.05, 4.69) is 146 Å². The van der Waals surface area contributed by atoms with Crippen molar-refractivity contribution in [3.05, 3.63) is 172 Å². The summed E-state index contributed by atoms with van der Waals surface area (Å²) in [6.07, 6.45) is -1.01. The van der Waals surface area contributed by atoms with Gasteiger partial charge in [-0.3, -0.25) is 0 Å². The van der Waals surface area contributed by atoms with Crippen LogP contribution in [0.1, 0.15) is 121 Å². The Morgan fingerprint density at radius 3 is 2.07 bits per heavy atom. The molecule has 0 N–H and O–H groups in total. The molecule has 0 saturated carbocycles. The van der Waals surface area contributed by atoms with Gasteiger partial charge < -0.3 is 9.64 Å². The molecule has 0 radical (unpaired) electrons. The van der Waals surface area contributed by atoms with E-state index in [1.165, 1.54) is 0 Å². The molecule has 6 aromatic carbocycles. The number of hydrogen-bond donors (Lipinski definition) is 0. The predicted octanol–water partition coefficient (Wildman–Crippen LogP) is 14.2. The fourth-order valence-electron chi connectivity index (χ4n) is 9.88. The molecule has 7 aromatic rings. The highest BCUT2D eigenvalue weighted by molar-refractivity contribution is 6.03. The zero-order valence-electron chi connectivity index (χ0n) is 46.5. The van der Waals surface area contributed by atoms with Gasteiger partial charge in [0.15, 0.2) is 6.17 Å². The second-order valence-electron chi connectivity index (χ2n) is 20.2. The molecule has 1 aromatic heterocycles. The molecule has 304 valence electrons. The maximum atomic E-state index is 10.3. The number of hydrogen-bond acceptors (Lipinski definition) is 3. The highest BCUT2D eigenvalue weighted by Gasteiger charge is 2.70. The number of para-hydroxylation sites is 1. The van der Waals surface area contributed by atoms with Crippen molar-refractivity contribution in [3.8, 4) is 50.4 Å². The molecule has 61 heavy (non-hydrogen) atoms. The molecule has 0 aliphatic carbocycles. The number of fused-ring (bicyclic) bond motifs is 5. The second-order valence-corrected chi connectivity index (χ2v) is 20.2. The molecule has 4 aliphatic heterocycles. The van der Waals surface area contributed by atoms with Gasteiger partial charge in [-0.25, -0.2) is 4.90 Å². The van der Waals surface area contributed by atoms with E-state index in [1.807, 2.05) is 24.3 Å². The van der Waals surface area contributed by atoms with Crippen LogP contribution in [-0.2, 0) is 22.1 Å². The molecule has 1 spiro atoms. The number of aryl methyl sites for hydroxylation is 1. The van der Waals surface area contributed by atoms with Crippen molar-refractivity contribution >= 4 is 17.1 Å². The number of benzene rings is 6. The first-order valence-electron chi connectivity index (χ1n) is 26.2. The van der Waals surface area contributed by atoms with E-state index in [0.29, 0.717) is 16.9 Å². The lowest BCUT2D eigenvalue weighted by Gasteiger charge is -2.49. The number of aromatic nitrogens is 1. The number of anilines is 3. The summed E-state index contributed by atoms with van der Waals surface area (Å²) in [5.74, 6) is -1.12. The van der Waals surface area contributed by atoms with Crippen molar-refractivity contribution in [2.45, 2.75) is 104 Å². The highest BCUT2D eigenvalue weighted by atomic mass is 16.5. The Morgan fingerprint density at radius 1 is 0.639 bits per heavy atom. The summed E-state index contributed by atoms with van der Waals surface area (Å²) in [4.78, 5) is 4.65. The van der Waals surface area contributed by atoms with Gasteiger partial charge in [0.25, 0.3) is 0 Å². The molecule has 11 rings (SSSR count). The van der Waals surface area contributed by atoms with Gasteiger partial charge in [0, 0.05) is 44.0 Å². The Kier molecular flexibility index (Phi) is 5.81. The number of nitrogens with zero attached hydrogens (tertiary/aromatic N) is 3. The molecule has 4 nitrogen and oxygen atoms in total. The predicted molar refractivity (Wildman–Crippen MR) is 252 cm³/mol. The maximum absolute atomic E-state index is 10.3. The molecule has 0 fully saturated rings. The van der Waals surface area contributed by atoms with Crippen molar-refractivity contribution in [2.24, 2.45) is 0 Å². The van der Waals surface area contributed by atoms with E-state index in [4.69, 9.17) is 11.6 Å². The van der Waals surface area contributed by atoms with Crippen LogP contribution in [-0.4, -0.2) is 0 Å². The van der Waals surface area contributed by atoms with Crippen LogP contribution in [0, 0.1) is 13.8 Å². The summed E-state index contributed by atoms with van der Waals surface area (Å²) < 4.78 is 101. The van der Waals surface area contributed by atoms with E-state index in [9.17, 15) is 6.85 Å². The molecule has 5 heterocycles. The first-order valence-corrected chi connectivity index (χ1v) is 21.2. The van der Waals surface area contributed by atoms with Gasteiger partial charge in [-0.05, 0) is 94.2 Å². The van der Waals surface area contributed by atoms with Crippen LogP contribution < -0.4 is 19.1 Å². The van der Waals surface area contributed by atoms with Crippen LogP contribution in [0.2, 0.25) is 0 Å². The summed E-state index contributed by atoms with van der Waals surface area (Å²) in [5, 5.41) is 0. The van der Waals surface area contributed by atoms with E-state index >= 15 is 0 Å². The molecule has 0 saturated heterocycles. The van der Waals surface area contributed by atoms with Crippen LogP contribution in [0.4, 0.5) is 17.1 Å². The molecule has 2 atom stereocenters. The van der Waals surface area contributed by atoms with Crippen molar-refractivity contribution in [1.29, 1.82) is 0 Å². The summed E-state index contributed by atoms with van der Waals surface area (Å²) >= 11 is 0. The van der Waals surface area contributed by atoms with Crippen LogP contribution in [0.15, 0.2) is 133 Å². The van der Waals surface area contributed by atoms with Crippen LogP contribution >= 0.6 is 0 Å². The molecule has 4 heteroatoms. The van der Waals surface area contributed by atoms with Crippen molar-refractivity contribution < 1.29 is 23.0 Å². The normalized spacial score (nSPS) is 20.6. The van der Waals surface area contributed by atoms with Crippen molar-refractivity contribution in [3.63, 3.8) is 0 Å². The van der Waals surface area contributed by atoms with Gasteiger partial charge in [-0.15, -0.1) is 4.57 Å². The summed E-state index contributed by atoms with van der Waals surface area (Å²) in [7, 11) is 0. The zero-order valence-corrected chi connectivity index (χ0v) is 36.5. The highest BCUT2D eigenvalue weighted by Crippen LogP contribution is 2.68. The van der Waals surface area contributed by atoms with Gasteiger partial charge in [0.05, 0.1) is 30.9 Å². The third-order valence-corrected chi connectivity index (χ3v) is 13.0. The molecule has 0 amide bonds. The lowest BCUT2D eigenvalue weighted by Crippen LogP contribution is -2.71. The monoisotopic (exact) mass is 809 g/mol. The third-order valence-electron chi connectivity index (χ3n) is 13.0. The van der Waals surface area contributed by atoms with E-state index in [0.717, 1.165) is 67.1 Å². The van der Waals surface area contributed by atoms with Gasteiger partial charge in [-0.1, -0.05) is 152 Å². The minimum Gasteiger partial charge on any atom is -0.410 e. The van der Waals surface area contributed by atoms with Gasteiger partial charge in [0.2, 0.25) is 5.69 Å². The summed E-state index contributed by atoms with van der Waals surface area (Å²) in [5.41, 5.74) is 10.4. The average molecular weight is 809 g/mol. The first-order chi connectivity index (χ1) is 33.1. The molecular weight excluding hydrogens is 743 g/mol. The van der Waals surface area contributed by atoms with Crippen LogP contribution in [0.25, 0.3) is 44.6 Å². The van der Waals surface area contributed by atoms with E-state index in [1.54, 1.807) is 4.57 Å². The fraction of sp³-hybridized carbons (Fsp3) is 0.281. The van der Waals surface area contributed by atoms with Crippen molar-refractivity contribution in [1.82, 2.24) is 0 Å². The Labute approximate surface area is 376 Å².